The van der Waals surface area contributed by atoms with Gasteiger partial charge in [-0.3, -0.25) is 9.11 Å². The molecule has 0 aliphatic heterocycles. The lowest BCUT2D eigenvalue weighted by molar-refractivity contribution is 0.406. The van der Waals surface area contributed by atoms with Crippen LogP contribution in [-0.2, 0) is 20.2 Å². The van der Waals surface area contributed by atoms with Crippen LogP contribution in [0, 0.1) is 0 Å². The van der Waals surface area contributed by atoms with Crippen molar-refractivity contribution in [2.24, 2.45) is 0 Å². The van der Waals surface area contributed by atoms with Crippen molar-refractivity contribution in [1.29, 1.82) is 0 Å². The van der Waals surface area contributed by atoms with E-state index >= 15 is 0 Å². The Balaban J connectivity index is 2.81. The zero-order valence-electron chi connectivity index (χ0n) is 7.77. The smallest absolute Gasteiger partial charge is 0.268 e. The second-order valence-electron chi connectivity index (χ2n) is 3.67. The van der Waals surface area contributed by atoms with E-state index in [0.29, 0.717) is 0 Å². The lowest BCUT2D eigenvalue weighted by Gasteiger charge is -2.30. The molecule has 4 unspecified atom stereocenters. The van der Waals surface area contributed by atoms with Crippen molar-refractivity contribution in [1.82, 2.24) is 0 Å². The fourth-order valence-corrected chi connectivity index (χ4v) is 4.98. The number of hydrogen-bond acceptors (Lipinski definition) is 4. The van der Waals surface area contributed by atoms with Crippen LogP contribution in [0.25, 0.3) is 0 Å². The minimum absolute atomic E-state index is 0.0218. The standard InChI is InChI=1S/C6H13O6PS2/c7-14(8,9)4-1-2-6(5(13)3-4)15(10,11)12/h4-6H,1-3,13H2,(H,7,8,9)(H,10,11,12). The molecule has 1 rings (SSSR count). The van der Waals surface area contributed by atoms with E-state index in [9.17, 15) is 16.8 Å². The van der Waals surface area contributed by atoms with E-state index in [1.807, 2.05) is 0 Å². The van der Waals surface area contributed by atoms with Crippen LogP contribution < -0.4 is 0 Å². The van der Waals surface area contributed by atoms with Crippen LogP contribution in [0.15, 0.2) is 0 Å². The maximum absolute atomic E-state index is 10.9. The minimum Gasteiger partial charge on any atom is -0.285 e. The van der Waals surface area contributed by atoms with Crippen LogP contribution in [0.1, 0.15) is 19.3 Å². The Hall–Kier alpha value is 0.250. The van der Waals surface area contributed by atoms with Gasteiger partial charge >= 0.3 is 0 Å². The summed E-state index contributed by atoms with van der Waals surface area (Å²) in [6.07, 6.45) is 0.111. The third-order valence-corrected chi connectivity index (χ3v) is 6.23. The first-order valence-corrected chi connectivity index (χ1v) is 7.98. The van der Waals surface area contributed by atoms with E-state index in [1.54, 1.807) is 0 Å². The topological polar surface area (TPSA) is 109 Å². The molecule has 0 heterocycles. The highest BCUT2D eigenvalue weighted by atomic mass is 32.2. The fourth-order valence-electron chi connectivity index (χ4n) is 1.78. The van der Waals surface area contributed by atoms with Crippen molar-refractivity contribution in [2.45, 2.75) is 35.4 Å². The summed E-state index contributed by atoms with van der Waals surface area (Å²) in [6.45, 7) is 0. The molecule has 9 heteroatoms. The molecule has 0 spiro atoms. The van der Waals surface area contributed by atoms with Gasteiger partial charge in [0.05, 0.1) is 10.5 Å². The van der Waals surface area contributed by atoms with Gasteiger partial charge in [-0.1, -0.05) is 0 Å². The first-order chi connectivity index (χ1) is 6.62. The molecule has 1 aliphatic carbocycles. The van der Waals surface area contributed by atoms with Gasteiger partial charge < -0.3 is 0 Å². The van der Waals surface area contributed by atoms with Crippen LogP contribution in [-0.4, -0.2) is 42.1 Å². The highest BCUT2D eigenvalue weighted by Gasteiger charge is 2.39. The van der Waals surface area contributed by atoms with Crippen LogP contribution in [0.5, 0.6) is 0 Å². The molecule has 90 valence electrons. The number of rotatable bonds is 2. The second-order valence-corrected chi connectivity index (χ2v) is 7.86. The van der Waals surface area contributed by atoms with Crippen molar-refractivity contribution in [3.8, 4) is 0 Å². The SMILES string of the molecule is O=S(=O)(O)C1CCC(S(=O)(=O)O)C(P)C1. The maximum Gasteiger partial charge on any atom is 0.268 e. The van der Waals surface area contributed by atoms with Gasteiger partial charge in [-0.05, 0) is 24.9 Å². The molecule has 0 aromatic carbocycles. The van der Waals surface area contributed by atoms with Crippen LogP contribution >= 0.6 is 9.24 Å². The third-order valence-electron chi connectivity index (χ3n) is 2.59. The molecular formula is C6H13O6PS2. The molecule has 0 aromatic rings. The summed E-state index contributed by atoms with van der Waals surface area (Å²) < 4.78 is 61.1. The summed E-state index contributed by atoms with van der Waals surface area (Å²) in [7, 11) is -6.06. The molecule has 1 aliphatic rings. The molecule has 2 N–H and O–H groups in total. The highest BCUT2D eigenvalue weighted by Crippen LogP contribution is 2.32. The van der Waals surface area contributed by atoms with Crippen molar-refractivity contribution in [3.05, 3.63) is 0 Å². The maximum atomic E-state index is 10.9. The lowest BCUT2D eigenvalue weighted by atomic mass is 9.99. The molecule has 0 radical (unpaired) electrons. The Bertz CT molecular complexity index is 427. The second kappa shape index (κ2) is 4.25. The summed E-state index contributed by atoms with van der Waals surface area (Å²) in [5.41, 5.74) is -0.555. The van der Waals surface area contributed by atoms with E-state index in [0.717, 1.165) is 0 Å². The van der Waals surface area contributed by atoms with Crippen molar-refractivity contribution in [2.75, 3.05) is 0 Å². The average Bonchev–Trinajstić information content (AvgIpc) is 1.99. The monoisotopic (exact) mass is 276 g/mol. The summed E-state index contributed by atoms with van der Waals surface area (Å²) in [5.74, 6) is 0. The van der Waals surface area contributed by atoms with Gasteiger partial charge in [-0.25, -0.2) is 0 Å². The van der Waals surface area contributed by atoms with Crippen LogP contribution in [0.3, 0.4) is 0 Å². The molecule has 0 amide bonds. The van der Waals surface area contributed by atoms with Crippen molar-refractivity contribution in [3.63, 3.8) is 0 Å². The van der Waals surface area contributed by atoms with Crippen molar-refractivity contribution >= 4 is 29.5 Å². The molecule has 6 nitrogen and oxygen atoms in total. The van der Waals surface area contributed by atoms with Gasteiger partial charge in [0.15, 0.2) is 0 Å². The molecule has 0 aromatic heterocycles. The van der Waals surface area contributed by atoms with E-state index < -0.39 is 36.4 Å². The molecule has 0 saturated heterocycles. The Morgan fingerprint density at radius 2 is 1.53 bits per heavy atom. The molecule has 1 saturated carbocycles. The van der Waals surface area contributed by atoms with Gasteiger partial charge in [0.1, 0.15) is 0 Å². The van der Waals surface area contributed by atoms with Gasteiger partial charge in [-0.15, -0.1) is 9.24 Å². The summed E-state index contributed by atoms with van der Waals surface area (Å²) in [6, 6.07) is 0. The number of hydrogen-bond donors (Lipinski definition) is 2. The zero-order valence-corrected chi connectivity index (χ0v) is 10.6. The fraction of sp³-hybridized carbons (Fsp3) is 1.00. The van der Waals surface area contributed by atoms with E-state index in [4.69, 9.17) is 9.11 Å². The Morgan fingerprint density at radius 1 is 1.00 bits per heavy atom. The Kier molecular flexibility index (Phi) is 3.78. The lowest BCUT2D eigenvalue weighted by Crippen LogP contribution is -2.40. The van der Waals surface area contributed by atoms with Gasteiger partial charge in [0.2, 0.25) is 0 Å². The van der Waals surface area contributed by atoms with Crippen LogP contribution in [0.4, 0.5) is 0 Å². The van der Waals surface area contributed by atoms with Gasteiger partial charge in [-0.2, -0.15) is 16.8 Å². The highest BCUT2D eigenvalue weighted by molar-refractivity contribution is 7.87. The molecule has 0 bridgehead atoms. The summed E-state index contributed by atoms with van der Waals surface area (Å²) in [4.78, 5) is 0. The predicted octanol–water partition coefficient (Wildman–Crippen LogP) is -0.0732. The van der Waals surface area contributed by atoms with Gasteiger partial charge in [0.25, 0.3) is 20.2 Å². The quantitative estimate of drug-likeness (QED) is 0.539. The third kappa shape index (κ3) is 3.35. The zero-order chi connectivity index (χ0) is 11.9. The normalized spacial score (nSPS) is 33.9. The van der Waals surface area contributed by atoms with Crippen molar-refractivity contribution < 1.29 is 25.9 Å². The van der Waals surface area contributed by atoms with E-state index in [-0.39, 0.29) is 19.3 Å². The first kappa shape index (κ1) is 13.3. The molecule has 15 heavy (non-hydrogen) atoms. The largest absolute Gasteiger partial charge is 0.285 e. The minimum atomic E-state index is -4.14. The average molecular weight is 276 g/mol. The molecule has 4 atom stereocenters. The first-order valence-electron chi connectivity index (χ1n) is 4.30. The summed E-state index contributed by atoms with van der Waals surface area (Å²) >= 11 is 0. The van der Waals surface area contributed by atoms with Crippen LogP contribution in [0.2, 0.25) is 0 Å². The molecular weight excluding hydrogens is 263 g/mol. The Labute approximate surface area is 91.1 Å². The van der Waals surface area contributed by atoms with E-state index in [1.165, 1.54) is 0 Å². The van der Waals surface area contributed by atoms with E-state index in [2.05, 4.69) is 9.24 Å². The summed E-state index contributed by atoms with van der Waals surface area (Å²) in [5, 5.41) is -1.89. The van der Waals surface area contributed by atoms with Gasteiger partial charge in [0, 0.05) is 0 Å². The Morgan fingerprint density at radius 3 is 1.87 bits per heavy atom. The predicted molar refractivity (Wildman–Crippen MR) is 58.0 cm³/mol. The molecule has 1 fully saturated rings.